The van der Waals surface area contributed by atoms with E-state index in [-0.39, 0.29) is 5.91 Å². The molecular formula is C18H23N3O3. The fourth-order valence-corrected chi connectivity index (χ4v) is 2.62. The number of hydrogen-bond donors (Lipinski definition) is 1. The van der Waals surface area contributed by atoms with Gasteiger partial charge < -0.3 is 14.6 Å². The van der Waals surface area contributed by atoms with Gasteiger partial charge in [-0.25, -0.2) is 0 Å². The first kappa shape index (κ1) is 16.7. The van der Waals surface area contributed by atoms with Crippen LogP contribution in [0.1, 0.15) is 41.6 Å². The van der Waals surface area contributed by atoms with Crippen molar-refractivity contribution < 1.29 is 14.1 Å². The summed E-state index contributed by atoms with van der Waals surface area (Å²) in [5, 5.41) is 6.72. The second-order valence-corrected chi connectivity index (χ2v) is 6.30. The summed E-state index contributed by atoms with van der Waals surface area (Å²) in [6.07, 6.45) is 0. The standard InChI is InChI=1S/C18H23N3O3/c1-13(2)14-3-5-15(6-4-14)19-18(22)17-11-16(24-20-17)12-21-7-9-23-10-8-21/h3-6,11,13H,7-10,12H2,1-2H3,(H,19,22). The molecule has 0 aliphatic carbocycles. The fourth-order valence-electron chi connectivity index (χ4n) is 2.62. The maximum Gasteiger partial charge on any atom is 0.277 e. The number of ether oxygens (including phenoxy) is 1. The zero-order valence-corrected chi connectivity index (χ0v) is 14.1. The van der Waals surface area contributed by atoms with E-state index in [4.69, 9.17) is 9.26 Å². The summed E-state index contributed by atoms with van der Waals surface area (Å²) in [6.45, 7) is 8.11. The Balaban J connectivity index is 1.58. The van der Waals surface area contributed by atoms with E-state index in [1.165, 1.54) is 5.56 Å². The zero-order chi connectivity index (χ0) is 16.9. The van der Waals surface area contributed by atoms with Gasteiger partial charge in [-0.05, 0) is 23.6 Å². The van der Waals surface area contributed by atoms with Crippen LogP contribution in [0.25, 0.3) is 0 Å². The highest BCUT2D eigenvalue weighted by Crippen LogP contribution is 2.18. The van der Waals surface area contributed by atoms with E-state index in [1.807, 2.05) is 24.3 Å². The summed E-state index contributed by atoms with van der Waals surface area (Å²) < 4.78 is 10.6. The first-order valence-electron chi connectivity index (χ1n) is 8.29. The van der Waals surface area contributed by atoms with E-state index >= 15 is 0 Å². The number of nitrogens with one attached hydrogen (secondary N) is 1. The Morgan fingerprint density at radius 1 is 1.25 bits per heavy atom. The van der Waals surface area contributed by atoms with Crippen molar-refractivity contribution >= 4 is 11.6 Å². The maximum atomic E-state index is 12.3. The second-order valence-electron chi connectivity index (χ2n) is 6.30. The van der Waals surface area contributed by atoms with Crippen molar-refractivity contribution in [3.8, 4) is 0 Å². The third kappa shape index (κ3) is 4.21. The number of anilines is 1. The van der Waals surface area contributed by atoms with E-state index in [2.05, 4.69) is 29.2 Å². The molecule has 0 bridgehead atoms. The van der Waals surface area contributed by atoms with Crippen LogP contribution in [0.4, 0.5) is 5.69 Å². The Hall–Kier alpha value is -2.18. The van der Waals surface area contributed by atoms with E-state index in [9.17, 15) is 4.79 Å². The number of hydrogen-bond acceptors (Lipinski definition) is 5. The number of benzene rings is 1. The molecule has 1 aliphatic heterocycles. The minimum absolute atomic E-state index is 0.260. The van der Waals surface area contributed by atoms with Gasteiger partial charge in [0.1, 0.15) is 0 Å². The molecule has 128 valence electrons. The molecular weight excluding hydrogens is 306 g/mol. The molecule has 0 unspecified atom stereocenters. The average molecular weight is 329 g/mol. The van der Waals surface area contributed by atoms with Crippen LogP contribution in [-0.2, 0) is 11.3 Å². The minimum atomic E-state index is -0.260. The van der Waals surface area contributed by atoms with Gasteiger partial charge in [0.05, 0.1) is 19.8 Å². The molecule has 0 saturated carbocycles. The molecule has 1 N–H and O–H groups in total. The van der Waals surface area contributed by atoms with Gasteiger partial charge in [0, 0.05) is 24.8 Å². The second kappa shape index (κ2) is 7.59. The highest BCUT2D eigenvalue weighted by molar-refractivity contribution is 6.02. The van der Waals surface area contributed by atoms with Crippen molar-refractivity contribution in [2.45, 2.75) is 26.3 Å². The summed E-state index contributed by atoms with van der Waals surface area (Å²) in [5.41, 5.74) is 2.29. The molecule has 0 spiro atoms. The number of aromatic nitrogens is 1. The van der Waals surface area contributed by atoms with Gasteiger partial charge in [0.25, 0.3) is 5.91 Å². The van der Waals surface area contributed by atoms with Crippen LogP contribution in [0, 0.1) is 0 Å². The van der Waals surface area contributed by atoms with Gasteiger partial charge in [-0.15, -0.1) is 0 Å². The summed E-state index contributed by atoms with van der Waals surface area (Å²) in [6, 6.07) is 9.55. The number of nitrogens with zero attached hydrogens (tertiary/aromatic N) is 2. The van der Waals surface area contributed by atoms with Crippen LogP contribution in [0.3, 0.4) is 0 Å². The third-order valence-corrected chi connectivity index (χ3v) is 4.11. The molecule has 0 radical (unpaired) electrons. The normalized spacial score (nSPS) is 15.6. The number of carbonyl (C=O) groups is 1. The molecule has 1 aliphatic rings. The van der Waals surface area contributed by atoms with E-state index in [0.717, 1.165) is 32.0 Å². The van der Waals surface area contributed by atoms with Crippen molar-refractivity contribution in [3.05, 3.63) is 47.3 Å². The van der Waals surface area contributed by atoms with Crippen LogP contribution >= 0.6 is 0 Å². The summed E-state index contributed by atoms with van der Waals surface area (Å²) >= 11 is 0. The van der Waals surface area contributed by atoms with Crippen LogP contribution in [0.5, 0.6) is 0 Å². The predicted molar refractivity (Wildman–Crippen MR) is 91.1 cm³/mol. The largest absolute Gasteiger partial charge is 0.379 e. The summed E-state index contributed by atoms with van der Waals surface area (Å²) in [7, 11) is 0. The van der Waals surface area contributed by atoms with Crippen LogP contribution in [-0.4, -0.2) is 42.3 Å². The zero-order valence-electron chi connectivity index (χ0n) is 14.1. The Morgan fingerprint density at radius 2 is 1.96 bits per heavy atom. The molecule has 1 aromatic heterocycles. The summed E-state index contributed by atoms with van der Waals surface area (Å²) in [4.78, 5) is 14.5. The number of morpholine rings is 1. The van der Waals surface area contributed by atoms with Gasteiger partial charge in [-0.3, -0.25) is 9.69 Å². The van der Waals surface area contributed by atoms with Gasteiger partial charge in [0.2, 0.25) is 0 Å². The number of carbonyl (C=O) groups excluding carboxylic acids is 1. The topological polar surface area (TPSA) is 67.6 Å². The molecule has 2 aromatic rings. The lowest BCUT2D eigenvalue weighted by Gasteiger charge is -2.25. The lowest BCUT2D eigenvalue weighted by atomic mass is 10.0. The molecule has 1 saturated heterocycles. The van der Waals surface area contributed by atoms with E-state index < -0.39 is 0 Å². The molecule has 6 heteroatoms. The first-order valence-corrected chi connectivity index (χ1v) is 8.29. The van der Waals surface area contributed by atoms with Gasteiger partial charge in [0.15, 0.2) is 11.5 Å². The van der Waals surface area contributed by atoms with Crippen molar-refractivity contribution in [2.75, 3.05) is 31.6 Å². The molecule has 2 heterocycles. The Kier molecular flexibility index (Phi) is 5.27. The molecule has 1 fully saturated rings. The van der Waals surface area contributed by atoms with Crippen LogP contribution in [0.15, 0.2) is 34.9 Å². The fraction of sp³-hybridized carbons (Fsp3) is 0.444. The number of amides is 1. The van der Waals surface area contributed by atoms with E-state index in [0.29, 0.717) is 23.9 Å². The lowest BCUT2D eigenvalue weighted by Crippen LogP contribution is -2.35. The van der Waals surface area contributed by atoms with Crippen LogP contribution < -0.4 is 5.32 Å². The molecule has 0 atom stereocenters. The van der Waals surface area contributed by atoms with E-state index in [1.54, 1.807) is 6.07 Å². The quantitative estimate of drug-likeness (QED) is 0.913. The van der Waals surface area contributed by atoms with Crippen molar-refractivity contribution in [1.29, 1.82) is 0 Å². The van der Waals surface area contributed by atoms with Gasteiger partial charge >= 0.3 is 0 Å². The molecule has 1 aromatic carbocycles. The molecule has 24 heavy (non-hydrogen) atoms. The molecule has 6 nitrogen and oxygen atoms in total. The smallest absolute Gasteiger partial charge is 0.277 e. The predicted octanol–water partition coefficient (Wildman–Crippen LogP) is 2.88. The van der Waals surface area contributed by atoms with Crippen molar-refractivity contribution in [1.82, 2.24) is 10.1 Å². The highest BCUT2D eigenvalue weighted by Gasteiger charge is 2.17. The first-order chi connectivity index (χ1) is 11.6. The third-order valence-electron chi connectivity index (χ3n) is 4.11. The Labute approximate surface area is 141 Å². The minimum Gasteiger partial charge on any atom is -0.379 e. The van der Waals surface area contributed by atoms with Gasteiger partial charge in [-0.2, -0.15) is 0 Å². The maximum absolute atomic E-state index is 12.3. The monoisotopic (exact) mass is 329 g/mol. The Bertz CT molecular complexity index is 673. The van der Waals surface area contributed by atoms with Crippen LogP contribution in [0.2, 0.25) is 0 Å². The SMILES string of the molecule is CC(C)c1ccc(NC(=O)c2cc(CN3CCOCC3)on2)cc1. The highest BCUT2D eigenvalue weighted by atomic mass is 16.5. The number of rotatable bonds is 5. The Morgan fingerprint density at radius 3 is 2.62 bits per heavy atom. The molecule has 3 rings (SSSR count). The van der Waals surface area contributed by atoms with Crippen molar-refractivity contribution in [3.63, 3.8) is 0 Å². The summed E-state index contributed by atoms with van der Waals surface area (Å²) in [5.74, 6) is 0.898. The lowest BCUT2D eigenvalue weighted by molar-refractivity contribution is 0.0305. The molecule has 1 amide bonds. The van der Waals surface area contributed by atoms with Crippen molar-refractivity contribution in [2.24, 2.45) is 0 Å². The average Bonchev–Trinajstić information content (AvgIpc) is 3.05. The van der Waals surface area contributed by atoms with Gasteiger partial charge in [-0.1, -0.05) is 31.1 Å².